The highest BCUT2D eigenvalue weighted by molar-refractivity contribution is 7.89. The fraction of sp³-hybridized carbons (Fsp3) is 0.125. The smallest absolute Gasteiger partial charge is 0.291 e. The molecule has 1 aromatic heterocycles. The molecule has 0 unspecified atom stereocenters. The number of sulfone groups is 1. The maximum Gasteiger partial charge on any atom is 0.291 e. The van der Waals surface area contributed by atoms with Crippen molar-refractivity contribution in [3.8, 4) is 11.5 Å². The zero-order valence-corrected chi connectivity index (χ0v) is 17.9. The number of fused-ring (bicyclic) bond motifs is 1. The van der Waals surface area contributed by atoms with E-state index in [4.69, 9.17) is 9.15 Å². The summed E-state index contributed by atoms with van der Waals surface area (Å²) in [6.07, 6.45) is 1.13. The third kappa shape index (κ3) is 4.95. The summed E-state index contributed by atoms with van der Waals surface area (Å²) in [5.41, 5.74) is 2.50. The third-order valence-electron chi connectivity index (χ3n) is 4.68. The molecule has 158 valence electrons. The quantitative estimate of drug-likeness (QED) is 0.442. The summed E-state index contributed by atoms with van der Waals surface area (Å²) in [6.45, 7) is 2.00. The molecule has 1 heterocycles. The van der Waals surface area contributed by atoms with E-state index in [-0.39, 0.29) is 11.5 Å². The molecule has 31 heavy (non-hydrogen) atoms. The maximum atomic E-state index is 12.9. The number of anilines is 1. The summed E-state index contributed by atoms with van der Waals surface area (Å²) in [7, 11) is -3.36. The Bertz CT molecular complexity index is 1340. The lowest BCUT2D eigenvalue weighted by atomic mass is 10.1. The molecule has 0 aliphatic rings. The van der Waals surface area contributed by atoms with Crippen molar-refractivity contribution in [3.63, 3.8) is 0 Å². The Morgan fingerprint density at radius 2 is 1.55 bits per heavy atom. The summed E-state index contributed by atoms with van der Waals surface area (Å²) in [5.74, 6) is 0.544. The van der Waals surface area contributed by atoms with E-state index in [1.165, 1.54) is 0 Å². The van der Waals surface area contributed by atoms with Gasteiger partial charge in [0.1, 0.15) is 17.1 Å². The van der Waals surface area contributed by atoms with Crippen molar-refractivity contribution in [2.75, 3.05) is 11.6 Å². The number of furan rings is 1. The molecule has 4 rings (SSSR count). The van der Waals surface area contributed by atoms with Gasteiger partial charge in [-0.1, -0.05) is 35.9 Å². The van der Waals surface area contributed by atoms with Crippen molar-refractivity contribution in [3.05, 3.63) is 89.7 Å². The highest BCUT2D eigenvalue weighted by Crippen LogP contribution is 2.29. The first-order valence-electron chi connectivity index (χ1n) is 9.62. The number of carbonyl (C=O) groups is 1. The first-order chi connectivity index (χ1) is 14.8. The van der Waals surface area contributed by atoms with Crippen LogP contribution in [0.5, 0.6) is 11.5 Å². The molecule has 6 nitrogen and oxygen atoms in total. The number of para-hydroxylation sites is 1. The number of benzene rings is 3. The maximum absolute atomic E-state index is 12.9. The lowest BCUT2D eigenvalue weighted by molar-refractivity contribution is 0.0998. The molecule has 0 aliphatic heterocycles. The molecule has 4 aromatic rings. The molecule has 1 N–H and O–H groups in total. The molecule has 7 heteroatoms. The van der Waals surface area contributed by atoms with Crippen LogP contribution in [-0.4, -0.2) is 20.6 Å². The van der Waals surface area contributed by atoms with E-state index in [2.05, 4.69) is 5.32 Å². The van der Waals surface area contributed by atoms with Crippen LogP contribution in [0.25, 0.3) is 11.0 Å². The number of hydrogen-bond acceptors (Lipinski definition) is 5. The van der Waals surface area contributed by atoms with Crippen LogP contribution in [0.2, 0.25) is 0 Å². The molecule has 1 amide bonds. The molecular weight excluding hydrogens is 414 g/mol. The third-order valence-corrected chi connectivity index (χ3v) is 5.49. The summed E-state index contributed by atoms with van der Waals surface area (Å²) in [6, 6.07) is 21.6. The van der Waals surface area contributed by atoms with E-state index >= 15 is 0 Å². The van der Waals surface area contributed by atoms with Crippen molar-refractivity contribution >= 4 is 32.4 Å². The van der Waals surface area contributed by atoms with Crippen LogP contribution in [0.1, 0.15) is 21.7 Å². The molecule has 0 spiro atoms. The van der Waals surface area contributed by atoms with Crippen LogP contribution in [0, 0.1) is 6.92 Å². The van der Waals surface area contributed by atoms with Gasteiger partial charge in [0, 0.05) is 22.9 Å². The molecule has 0 bridgehead atoms. The Morgan fingerprint density at radius 1 is 0.935 bits per heavy atom. The Labute approximate surface area is 180 Å². The molecule has 0 saturated heterocycles. The Hall–Kier alpha value is -3.58. The minimum atomic E-state index is -3.36. The highest BCUT2D eigenvalue weighted by atomic mass is 32.2. The van der Waals surface area contributed by atoms with Gasteiger partial charge in [0.2, 0.25) is 0 Å². The molecule has 0 fully saturated rings. The fourth-order valence-corrected chi connectivity index (χ4v) is 4.04. The van der Waals surface area contributed by atoms with Gasteiger partial charge in [0.25, 0.3) is 5.91 Å². The highest BCUT2D eigenvalue weighted by Gasteiger charge is 2.23. The van der Waals surface area contributed by atoms with Crippen molar-refractivity contribution in [2.45, 2.75) is 12.7 Å². The Morgan fingerprint density at radius 3 is 2.19 bits per heavy atom. The monoisotopic (exact) mass is 435 g/mol. The summed E-state index contributed by atoms with van der Waals surface area (Å²) in [5, 5.41) is 3.37. The Balaban J connectivity index is 1.55. The van der Waals surface area contributed by atoms with Crippen molar-refractivity contribution in [1.29, 1.82) is 0 Å². The van der Waals surface area contributed by atoms with Crippen molar-refractivity contribution < 1.29 is 22.4 Å². The first-order valence-corrected chi connectivity index (χ1v) is 11.7. The van der Waals surface area contributed by atoms with E-state index in [9.17, 15) is 13.2 Å². The van der Waals surface area contributed by atoms with Crippen LogP contribution in [0.3, 0.4) is 0 Å². The topological polar surface area (TPSA) is 85.6 Å². The van der Waals surface area contributed by atoms with E-state index in [1.807, 2.05) is 31.2 Å². The van der Waals surface area contributed by atoms with Crippen LogP contribution in [-0.2, 0) is 15.6 Å². The lowest BCUT2D eigenvalue weighted by Gasteiger charge is -2.08. The lowest BCUT2D eigenvalue weighted by Crippen LogP contribution is -2.14. The van der Waals surface area contributed by atoms with Crippen LogP contribution >= 0.6 is 0 Å². The second kappa shape index (κ2) is 8.28. The van der Waals surface area contributed by atoms with E-state index < -0.39 is 15.7 Å². The van der Waals surface area contributed by atoms with Crippen LogP contribution in [0.4, 0.5) is 5.69 Å². The largest absolute Gasteiger partial charge is 0.457 e. The second-order valence-electron chi connectivity index (χ2n) is 7.37. The fourth-order valence-electron chi connectivity index (χ4n) is 3.22. The summed E-state index contributed by atoms with van der Waals surface area (Å²) >= 11 is 0. The SMILES string of the molecule is Cc1ccc(Oc2ccc(NC(=O)c3oc4ccccc4c3CS(C)(=O)=O)cc2)cc1. The van der Waals surface area contributed by atoms with E-state index in [0.29, 0.717) is 28.0 Å². The van der Waals surface area contributed by atoms with E-state index in [1.54, 1.807) is 48.5 Å². The minimum Gasteiger partial charge on any atom is -0.457 e. The van der Waals surface area contributed by atoms with Crippen LogP contribution < -0.4 is 10.1 Å². The standard InChI is InChI=1S/C24H21NO5S/c1-16-7-11-18(12-8-16)29-19-13-9-17(10-14-19)25-24(26)23-21(15-31(2,27)28)20-5-3-4-6-22(20)30-23/h3-14H,15H2,1-2H3,(H,25,26). The summed E-state index contributed by atoms with van der Waals surface area (Å²) < 4.78 is 35.3. The van der Waals surface area contributed by atoms with Crippen LogP contribution in [0.15, 0.2) is 77.2 Å². The number of ether oxygens (including phenoxy) is 1. The molecule has 0 radical (unpaired) electrons. The first kappa shape index (κ1) is 20.7. The summed E-state index contributed by atoms with van der Waals surface area (Å²) in [4.78, 5) is 12.9. The van der Waals surface area contributed by atoms with Gasteiger partial charge in [-0.25, -0.2) is 8.42 Å². The number of amides is 1. The van der Waals surface area contributed by atoms with Gasteiger partial charge in [-0.05, 0) is 49.4 Å². The van der Waals surface area contributed by atoms with E-state index in [0.717, 1.165) is 17.6 Å². The predicted octanol–water partition coefficient (Wildman–Crippen LogP) is 5.33. The van der Waals surface area contributed by atoms with Gasteiger partial charge in [0.05, 0.1) is 5.75 Å². The molecular formula is C24H21NO5S. The van der Waals surface area contributed by atoms with Crippen molar-refractivity contribution in [2.24, 2.45) is 0 Å². The van der Waals surface area contributed by atoms with Gasteiger partial charge in [0.15, 0.2) is 15.6 Å². The number of nitrogens with one attached hydrogen (secondary N) is 1. The van der Waals surface area contributed by atoms with Gasteiger partial charge < -0.3 is 14.5 Å². The second-order valence-corrected chi connectivity index (χ2v) is 9.51. The number of hydrogen-bond donors (Lipinski definition) is 1. The normalized spacial score (nSPS) is 11.4. The average molecular weight is 436 g/mol. The number of aryl methyl sites for hydroxylation is 1. The molecule has 0 aliphatic carbocycles. The average Bonchev–Trinajstić information content (AvgIpc) is 3.08. The van der Waals surface area contributed by atoms with Gasteiger partial charge in [-0.15, -0.1) is 0 Å². The Kier molecular flexibility index (Phi) is 5.52. The van der Waals surface area contributed by atoms with Gasteiger partial charge in [-0.3, -0.25) is 4.79 Å². The zero-order chi connectivity index (χ0) is 22.0. The van der Waals surface area contributed by atoms with Crippen molar-refractivity contribution in [1.82, 2.24) is 0 Å². The molecule has 3 aromatic carbocycles. The minimum absolute atomic E-state index is 0.00777. The predicted molar refractivity (Wildman–Crippen MR) is 120 cm³/mol. The zero-order valence-electron chi connectivity index (χ0n) is 17.1. The molecule has 0 atom stereocenters. The molecule has 0 saturated carbocycles. The number of rotatable bonds is 6. The van der Waals surface area contributed by atoms with Gasteiger partial charge in [-0.2, -0.15) is 0 Å². The number of carbonyl (C=O) groups excluding carboxylic acids is 1. The van der Waals surface area contributed by atoms with Gasteiger partial charge >= 0.3 is 0 Å².